The quantitative estimate of drug-likeness (QED) is 0.717. The number of nitrogens with zero attached hydrogens (tertiary/aromatic N) is 2. The lowest BCUT2D eigenvalue weighted by Crippen LogP contribution is -2.44. The van der Waals surface area contributed by atoms with Crippen LogP contribution in [0.2, 0.25) is 0 Å². The molecule has 0 saturated carbocycles. The maximum absolute atomic E-state index is 13.5. The minimum Gasteiger partial charge on any atom is -0.497 e. The van der Waals surface area contributed by atoms with Gasteiger partial charge < -0.3 is 24.3 Å². The minimum absolute atomic E-state index is 0.254. The van der Waals surface area contributed by atoms with Crippen molar-refractivity contribution in [3.8, 4) is 11.5 Å². The van der Waals surface area contributed by atoms with Crippen LogP contribution in [0.25, 0.3) is 0 Å². The molecule has 0 radical (unpaired) electrons. The number of hydrogen-bond acceptors (Lipinski definition) is 3. The standard InChI is InChI=1S/C22H22FN3O3/c1-28-17-9-10-18(20(14-17)29-2)24-22(27)26-13-12-25-11-3-4-19(25)21(26)15-5-7-16(23)8-6-15/h3-11,14,21H,12-13H2,1-2H3,(H,24,27)/t21-/m0/s1. The van der Waals surface area contributed by atoms with Crippen molar-refractivity contribution < 1.29 is 18.7 Å². The lowest BCUT2D eigenvalue weighted by Gasteiger charge is -2.37. The number of aromatic nitrogens is 1. The van der Waals surface area contributed by atoms with Gasteiger partial charge in [0.1, 0.15) is 17.3 Å². The Morgan fingerprint density at radius 3 is 2.59 bits per heavy atom. The van der Waals surface area contributed by atoms with Gasteiger partial charge in [0.15, 0.2) is 0 Å². The second-order valence-electron chi connectivity index (χ2n) is 6.77. The number of carbonyl (C=O) groups is 1. The highest BCUT2D eigenvalue weighted by atomic mass is 19.1. The summed E-state index contributed by atoms with van der Waals surface area (Å²) < 4.78 is 26.2. The first-order valence-electron chi connectivity index (χ1n) is 9.31. The summed E-state index contributed by atoms with van der Waals surface area (Å²) in [6, 6.07) is 14.9. The molecule has 0 bridgehead atoms. The van der Waals surface area contributed by atoms with E-state index in [9.17, 15) is 9.18 Å². The number of fused-ring (bicyclic) bond motifs is 1. The van der Waals surface area contributed by atoms with Crippen molar-refractivity contribution in [2.24, 2.45) is 0 Å². The molecule has 7 heteroatoms. The molecule has 1 N–H and O–H groups in total. The third-order valence-corrected chi connectivity index (χ3v) is 5.14. The summed E-state index contributed by atoms with van der Waals surface area (Å²) in [4.78, 5) is 15.0. The Morgan fingerprint density at radius 2 is 1.86 bits per heavy atom. The number of amides is 2. The van der Waals surface area contributed by atoms with E-state index in [2.05, 4.69) is 9.88 Å². The molecule has 0 spiro atoms. The Labute approximate surface area is 168 Å². The van der Waals surface area contributed by atoms with Crippen LogP contribution >= 0.6 is 0 Å². The second-order valence-corrected chi connectivity index (χ2v) is 6.77. The van der Waals surface area contributed by atoms with E-state index in [-0.39, 0.29) is 17.9 Å². The van der Waals surface area contributed by atoms with Crippen LogP contribution in [-0.4, -0.2) is 36.3 Å². The van der Waals surface area contributed by atoms with Gasteiger partial charge in [0.05, 0.1) is 25.9 Å². The summed E-state index contributed by atoms with van der Waals surface area (Å²) in [5.74, 6) is 0.843. The van der Waals surface area contributed by atoms with Crippen LogP contribution in [0.1, 0.15) is 17.3 Å². The smallest absolute Gasteiger partial charge is 0.322 e. The van der Waals surface area contributed by atoms with Crippen molar-refractivity contribution in [2.75, 3.05) is 26.1 Å². The largest absolute Gasteiger partial charge is 0.497 e. The highest BCUT2D eigenvalue weighted by Gasteiger charge is 2.32. The van der Waals surface area contributed by atoms with Crippen LogP contribution in [-0.2, 0) is 6.54 Å². The zero-order valence-corrected chi connectivity index (χ0v) is 16.3. The van der Waals surface area contributed by atoms with Crippen LogP contribution in [0.5, 0.6) is 11.5 Å². The van der Waals surface area contributed by atoms with E-state index in [1.165, 1.54) is 12.1 Å². The van der Waals surface area contributed by atoms with Crippen molar-refractivity contribution in [3.63, 3.8) is 0 Å². The Kier molecular flexibility index (Phi) is 5.12. The molecule has 3 aromatic rings. The Bertz CT molecular complexity index is 1020. The SMILES string of the molecule is COc1ccc(NC(=O)N2CCn3cccc3[C@@H]2c2ccc(F)cc2)c(OC)c1. The number of anilines is 1. The number of urea groups is 1. The summed E-state index contributed by atoms with van der Waals surface area (Å²) in [6.45, 7) is 1.21. The molecule has 2 heterocycles. The third-order valence-electron chi connectivity index (χ3n) is 5.14. The lowest BCUT2D eigenvalue weighted by atomic mass is 10.0. The number of ether oxygens (including phenoxy) is 2. The number of benzene rings is 2. The fraction of sp³-hybridized carbons (Fsp3) is 0.227. The number of methoxy groups -OCH3 is 2. The molecule has 1 aliphatic rings. The van der Waals surface area contributed by atoms with E-state index in [0.29, 0.717) is 30.3 Å². The average Bonchev–Trinajstić information content (AvgIpc) is 3.23. The zero-order valence-electron chi connectivity index (χ0n) is 16.3. The van der Waals surface area contributed by atoms with Crippen molar-refractivity contribution in [3.05, 3.63) is 77.9 Å². The third kappa shape index (κ3) is 3.63. The van der Waals surface area contributed by atoms with Gasteiger partial charge in [-0.1, -0.05) is 12.1 Å². The molecule has 150 valence electrons. The highest BCUT2D eigenvalue weighted by molar-refractivity contribution is 5.91. The van der Waals surface area contributed by atoms with Crippen molar-refractivity contribution in [2.45, 2.75) is 12.6 Å². The van der Waals surface area contributed by atoms with Gasteiger partial charge in [-0.3, -0.25) is 0 Å². The zero-order chi connectivity index (χ0) is 20.4. The first-order valence-corrected chi connectivity index (χ1v) is 9.31. The van der Waals surface area contributed by atoms with Gasteiger partial charge in [-0.2, -0.15) is 0 Å². The number of hydrogen-bond donors (Lipinski definition) is 1. The predicted molar refractivity (Wildman–Crippen MR) is 108 cm³/mol. The summed E-state index contributed by atoms with van der Waals surface area (Å²) in [7, 11) is 3.11. The topological polar surface area (TPSA) is 55.7 Å². The van der Waals surface area contributed by atoms with Crippen LogP contribution in [0.15, 0.2) is 60.8 Å². The summed E-state index contributed by atoms with van der Waals surface area (Å²) in [6.07, 6.45) is 1.99. The molecule has 2 amide bonds. The van der Waals surface area contributed by atoms with Crippen LogP contribution in [0.4, 0.5) is 14.9 Å². The van der Waals surface area contributed by atoms with Crippen molar-refractivity contribution in [1.82, 2.24) is 9.47 Å². The molecular weight excluding hydrogens is 373 g/mol. The normalized spacial score (nSPS) is 15.6. The molecule has 0 fully saturated rings. The van der Waals surface area contributed by atoms with E-state index in [4.69, 9.17) is 9.47 Å². The van der Waals surface area contributed by atoms with Gasteiger partial charge in [-0.25, -0.2) is 9.18 Å². The first kappa shape index (κ1) is 18.9. The molecule has 0 unspecified atom stereocenters. The lowest BCUT2D eigenvalue weighted by molar-refractivity contribution is 0.181. The average molecular weight is 395 g/mol. The van der Waals surface area contributed by atoms with E-state index >= 15 is 0 Å². The summed E-state index contributed by atoms with van der Waals surface area (Å²) in [5, 5.41) is 2.94. The Morgan fingerprint density at radius 1 is 1.07 bits per heavy atom. The Balaban J connectivity index is 1.66. The number of nitrogens with one attached hydrogen (secondary N) is 1. The predicted octanol–water partition coefficient (Wildman–Crippen LogP) is 4.28. The molecule has 2 aromatic carbocycles. The van der Waals surface area contributed by atoms with Crippen LogP contribution in [0.3, 0.4) is 0 Å². The molecule has 1 aliphatic heterocycles. The number of carbonyl (C=O) groups excluding carboxylic acids is 1. The molecular formula is C22H22FN3O3. The second kappa shape index (κ2) is 7.87. The van der Waals surface area contributed by atoms with E-state index in [0.717, 1.165) is 11.3 Å². The van der Waals surface area contributed by atoms with Crippen molar-refractivity contribution >= 4 is 11.7 Å². The van der Waals surface area contributed by atoms with E-state index < -0.39 is 0 Å². The highest BCUT2D eigenvalue weighted by Crippen LogP contribution is 2.34. The van der Waals surface area contributed by atoms with Gasteiger partial charge in [0.25, 0.3) is 0 Å². The maximum atomic E-state index is 13.5. The Hall–Kier alpha value is -3.48. The van der Waals surface area contributed by atoms with Crippen LogP contribution < -0.4 is 14.8 Å². The molecule has 1 atom stereocenters. The van der Waals surface area contributed by atoms with Gasteiger partial charge in [0, 0.05) is 31.0 Å². The number of halogens is 1. The molecule has 29 heavy (non-hydrogen) atoms. The van der Waals surface area contributed by atoms with E-state index in [1.54, 1.807) is 49.5 Å². The monoisotopic (exact) mass is 395 g/mol. The molecule has 6 nitrogen and oxygen atoms in total. The molecule has 0 aliphatic carbocycles. The van der Waals surface area contributed by atoms with E-state index in [1.807, 2.05) is 18.3 Å². The van der Waals surface area contributed by atoms with Gasteiger partial charge in [-0.05, 0) is 42.0 Å². The molecule has 1 aromatic heterocycles. The summed E-state index contributed by atoms with van der Waals surface area (Å²) >= 11 is 0. The molecule has 0 saturated heterocycles. The molecule has 4 rings (SSSR count). The fourth-order valence-electron chi connectivity index (χ4n) is 3.69. The fourth-order valence-corrected chi connectivity index (χ4v) is 3.69. The first-order chi connectivity index (χ1) is 14.1. The van der Waals surface area contributed by atoms with Gasteiger partial charge >= 0.3 is 6.03 Å². The number of rotatable bonds is 4. The minimum atomic E-state index is -0.316. The van der Waals surface area contributed by atoms with Gasteiger partial charge in [0.2, 0.25) is 0 Å². The summed E-state index contributed by atoms with van der Waals surface area (Å²) in [5.41, 5.74) is 2.39. The van der Waals surface area contributed by atoms with Crippen molar-refractivity contribution in [1.29, 1.82) is 0 Å². The van der Waals surface area contributed by atoms with Gasteiger partial charge in [-0.15, -0.1) is 0 Å². The van der Waals surface area contributed by atoms with Crippen LogP contribution in [0, 0.1) is 5.82 Å². The maximum Gasteiger partial charge on any atom is 0.322 e.